The number of rotatable bonds is 6. The van der Waals surface area contributed by atoms with Gasteiger partial charge in [-0.05, 0) is 19.8 Å². The van der Waals surface area contributed by atoms with Crippen molar-refractivity contribution in [3.63, 3.8) is 0 Å². The first kappa shape index (κ1) is 10.8. The van der Waals surface area contributed by atoms with Gasteiger partial charge in [0.1, 0.15) is 0 Å². The maximum absolute atomic E-state index is 11.4. The third kappa shape index (κ3) is 2.63. The Bertz CT molecular complexity index is 370. The van der Waals surface area contributed by atoms with Crippen LogP contribution in [0.5, 0.6) is 0 Å². The van der Waals surface area contributed by atoms with E-state index in [0.29, 0.717) is 12.6 Å². The van der Waals surface area contributed by atoms with Crippen LogP contribution in [0, 0.1) is 0 Å². The number of aromatic nitrogens is 3. The van der Waals surface area contributed by atoms with Crippen LogP contribution >= 0.6 is 11.8 Å². The number of nitrogens with zero attached hydrogens (tertiary/aromatic N) is 2. The van der Waals surface area contributed by atoms with Gasteiger partial charge in [-0.1, -0.05) is 11.8 Å². The van der Waals surface area contributed by atoms with E-state index in [1.165, 1.54) is 0 Å². The minimum Gasteiger partial charge on any atom is -0.381 e. The second-order valence-corrected chi connectivity index (χ2v) is 4.52. The predicted molar refractivity (Wildman–Crippen MR) is 58.3 cm³/mol. The Labute approximate surface area is 92.2 Å². The van der Waals surface area contributed by atoms with E-state index in [1.807, 2.05) is 6.92 Å². The lowest BCUT2D eigenvalue weighted by Gasteiger charge is -2.03. The van der Waals surface area contributed by atoms with Gasteiger partial charge in [0.05, 0.1) is 6.61 Å². The fourth-order valence-electron chi connectivity index (χ4n) is 1.38. The molecule has 1 aliphatic carbocycles. The van der Waals surface area contributed by atoms with Crippen molar-refractivity contribution in [2.24, 2.45) is 0 Å². The highest BCUT2D eigenvalue weighted by molar-refractivity contribution is 7.99. The first-order valence-corrected chi connectivity index (χ1v) is 6.19. The van der Waals surface area contributed by atoms with E-state index in [9.17, 15) is 4.79 Å². The van der Waals surface area contributed by atoms with E-state index < -0.39 is 0 Å². The molecule has 2 rings (SSSR count). The van der Waals surface area contributed by atoms with Crippen molar-refractivity contribution in [2.45, 2.75) is 31.0 Å². The third-order valence-electron chi connectivity index (χ3n) is 2.25. The lowest BCUT2D eigenvalue weighted by atomic mass is 10.7. The minimum absolute atomic E-state index is 0.0867. The minimum atomic E-state index is -0.0867. The van der Waals surface area contributed by atoms with Gasteiger partial charge in [-0.3, -0.25) is 4.57 Å². The van der Waals surface area contributed by atoms with Crippen LogP contribution in [0.3, 0.4) is 0 Å². The van der Waals surface area contributed by atoms with Gasteiger partial charge in [0.15, 0.2) is 5.16 Å². The van der Waals surface area contributed by atoms with Crippen molar-refractivity contribution in [1.29, 1.82) is 0 Å². The quantitative estimate of drug-likeness (QED) is 0.585. The molecule has 0 aliphatic heterocycles. The summed E-state index contributed by atoms with van der Waals surface area (Å²) < 4.78 is 6.99. The van der Waals surface area contributed by atoms with Crippen LogP contribution in [-0.2, 0) is 4.74 Å². The molecule has 0 aromatic carbocycles. The second kappa shape index (κ2) is 4.85. The number of H-pyrrole nitrogens is 1. The Balaban J connectivity index is 1.92. The molecule has 1 N–H and O–H groups in total. The summed E-state index contributed by atoms with van der Waals surface area (Å²) in [5.74, 6) is 0.838. The van der Waals surface area contributed by atoms with Crippen molar-refractivity contribution in [3.05, 3.63) is 10.5 Å². The zero-order chi connectivity index (χ0) is 10.7. The van der Waals surface area contributed by atoms with Gasteiger partial charge in [0.2, 0.25) is 0 Å². The van der Waals surface area contributed by atoms with Crippen LogP contribution in [-0.4, -0.2) is 33.7 Å². The summed E-state index contributed by atoms with van der Waals surface area (Å²) in [4.78, 5) is 11.4. The van der Waals surface area contributed by atoms with Crippen molar-refractivity contribution >= 4 is 11.8 Å². The number of nitrogens with one attached hydrogen (secondary N) is 1. The normalized spacial score (nSPS) is 15.8. The molecule has 6 heteroatoms. The molecule has 0 atom stereocenters. The van der Waals surface area contributed by atoms with Crippen LogP contribution in [0.1, 0.15) is 25.8 Å². The first-order valence-electron chi connectivity index (χ1n) is 5.20. The predicted octanol–water partition coefficient (Wildman–Crippen LogP) is 1.03. The Hall–Kier alpha value is -0.750. The Kier molecular flexibility index (Phi) is 3.48. The molecule has 0 radical (unpaired) electrons. The number of thioether (sulfide) groups is 1. The lowest BCUT2D eigenvalue weighted by Crippen LogP contribution is -2.16. The van der Waals surface area contributed by atoms with Crippen molar-refractivity contribution in [1.82, 2.24) is 14.8 Å². The highest BCUT2D eigenvalue weighted by Crippen LogP contribution is 2.35. The molecule has 0 bridgehead atoms. The van der Waals surface area contributed by atoms with Gasteiger partial charge in [-0.2, -0.15) is 0 Å². The van der Waals surface area contributed by atoms with Crippen LogP contribution in [0.2, 0.25) is 0 Å². The zero-order valence-electron chi connectivity index (χ0n) is 8.73. The van der Waals surface area contributed by atoms with Crippen molar-refractivity contribution < 1.29 is 4.74 Å². The fourth-order valence-corrected chi connectivity index (χ4v) is 2.25. The average Bonchev–Trinajstić information content (AvgIpc) is 2.99. The number of aromatic amines is 1. The van der Waals surface area contributed by atoms with Gasteiger partial charge in [0.25, 0.3) is 0 Å². The van der Waals surface area contributed by atoms with E-state index in [2.05, 4.69) is 10.2 Å². The van der Waals surface area contributed by atoms with Crippen molar-refractivity contribution in [3.8, 4) is 0 Å². The van der Waals surface area contributed by atoms with Gasteiger partial charge in [0, 0.05) is 18.4 Å². The number of hydrogen-bond donors (Lipinski definition) is 1. The largest absolute Gasteiger partial charge is 0.381 e. The van der Waals surface area contributed by atoms with E-state index in [1.54, 1.807) is 16.3 Å². The fraction of sp³-hybridized carbons (Fsp3) is 0.778. The van der Waals surface area contributed by atoms with Gasteiger partial charge >= 0.3 is 5.69 Å². The molecule has 15 heavy (non-hydrogen) atoms. The van der Waals surface area contributed by atoms with Crippen molar-refractivity contribution in [2.75, 3.05) is 19.0 Å². The Morgan fingerprint density at radius 3 is 3.13 bits per heavy atom. The molecule has 0 unspecified atom stereocenters. The second-order valence-electron chi connectivity index (χ2n) is 3.46. The summed E-state index contributed by atoms with van der Waals surface area (Å²) in [5, 5.41) is 7.30. The van der Waals surface area contributed by atoms with Crippen LogP contribution in [0.25, 0.3) is 0 Å². The van der Waals surface area contributed by atoms with Crippen LogP contribution in [0.15, 0.2) is 9.95 Å². The van der Waals surface area contributed by atoms with Crippen LogP contribution in [0.4, 0.5) is 0 Å². The lowest BCUT2D eigenvalue weighted by molar-refractivity contribution is 0.164. The average molecular weight is 229 g/mol. The Morgan fingerprint density at radius 2 is 2.47 bits per heavy atom. The summed E-state index contributed by atoms with van der Waals surface area (Å²) >= 11 is 1.57. The molecule has 84 valence electrons. The zero-order valence-corrected chi connectivity index (χ0v) is 9.55. The molecular weight excluding hydrogens is 214 g/mol. The van der Waals surface area contributed by atoms with Gasteiger partial charge in [-0.25, -0.2) is 9.89 Å². The highest BCUT2D eigenvalue weighted by Gasteiger charge is 2.28. The standard InChI is InChI=1S/C9H15N3O2S/c1-2-14-5-6-15-9-11-10-8(13)12(9)7-3-4-7/h7H,2-6H2,1H3,(H,10,13). The summed E-state index contributed by atoms with van der Waals surface area (Å²) in [6, 6.07) is 0.380. The molecule has 0 spiro atoms. The molecule has 0 amide bonds. The first-order chi connectivity index (χ1) is 7.33. The molecule has 5 nitrogen and oxygen atoms in total. The topological polar surface area (TPSA) is 59.9 Å². The summed E-state index contributed by atoms with van der Waals surface area (Å²) in [6.45, 7) is 3.41. The Morgan fingerprint density at radius 1 is 1.67 bits per heavy atom. The molecule has 1 aromatic heterocycles. The molecule has 1 saturated carbocycles. The molecule has 1 aromatic rings. The molecule has 1 aliphatic rings. The maximum Gasteiger partial charge on any atom is 0.344 e. The molecule has 1 heterocycles. The van der Waals surface area contributed by atoms with Crippen LogP contribution < -0.4 is 5.69 Å². The maximum atomic E-state index is 11.4. The van der Waals surface area contributed by atoms with E-state index in [-0.39, 0.29) is 5.69 Å². The third-order valence-corrected chi connectivity index (χ3v) is 3.16. The molecular formula is C9H15N3O2S. The number of ether oxygens (including phenoxy) is 1. The smallest absolute Gasteiger partial charge is 0.344 e. The summed E-state index contributed by atoms with van der Waals surface area (Å²) in [7, 11) is 0. The van der Waals surface area contributed by atoms with E-state index >= 15 is 0 Å². The van der Waals surface area contributed by atoms with E-state index in [4.69, 9.17) is 4.74 Å². The highest BCUT2D eigenvalue weighted by atomic mass is 32.2. The van der Waals surface area contributed by atoms with Gasteiger partial charge in [-0.15, -0.1) is 5.10 Å². The summed E-state index contributed by atoms with van der Waals surface area (Å²) in [6.07, 6.45) is 2.19. The molecule has 1 fully saturated rings. The number of hydrogen-bond acceptors (Lipinski definition) is 4. The summed E-state index contributed by atoms with van der Waals surface area (Å²) in [5.41, 5.74) is -0.0867. The monoisotopic (exact) mass is 229 g/mol. The van der Waals surface area contributed by atoms with E-state index in [0.717, 1.165) is 30.4 Å². The van der Waals surface area contributed by atoms with Gasteiger partial charge < -0.3 is 4.74 Å². The SMILES string of the molecule is CCOCCSc1n[nH]c(=O)n1C1CC1. The molecule has 0 saturated heterocycles.